The highest BCUT2D eigenvalue weighted by atomic mass is 19.2. The maximum atomic E-state index is 13.8. The minimum Gasteiger partial charge on any atom is -0.490 e. The molecule has 0 spiro atoms. The summed E-state index contributed by atoms with van der Waals surface area (Å²) in [7, 11) is 0. The van der Waals surface area contributed by atoms with Gasteiger partial charge in [0, 0.05) is 13.0 Å². The van der Waals surface area contributed by atoms with Crippen molar-refractivity contribution < 1.29 is 32.6 Å². The molecule has 0 radical (unpaired) electrons. The Morgan fingerprint density at radius 3 is 2.60 bits per heavy atom. The third kappa shape index (κ3) is 4.06. The fraction of sp³-hybridized carbons (Fsp3) is 0.400. The van der Waals surface area contributed by atoms with Crippen molar-refractivity contribution in [3.05, 3.63) is 59.2 Å². The number of fused-ring (bicyclic) bond motifs is 1. The maximum absolute atomic E-state index is 13.8. The molecule has 2 saturated heterocycles. The van der Waals surface area contributed by atoms with Gasteiger partial charge in [-0.15, -0.1) is 0 Å². The minimum atomic E-state index is -1.61. The first-order valence-corrected chi connectivity index (χ1v) is 11.6. The lowest BCUT2D eigenvalue weighted by Crippen LogP contribution is -2.44. The van der Waals surface area contributed by atoms with Crippen LogP contribution in [-0.2, 0) is 15.1 Å². The summed E-state index contributed by atoms with van der Waals surface area (Å²) >= 11 is 0. The van der Waals surface area contributed by atoms with E-state index in [1.165, 1.54) is 13.0 Å². The molecule has 2 atom stereocenters. The summed E-state index contributed by atoms with van der Waals surface area (Å²) in [6.45, 7) is 2.57. The monoisotopic (exact) mass is 485 g/mol. The van der Waals surface area contributed by atoms with Gasteiger partial charge in [0.1, 0.15) is 12.1 Å². The van der Waals surface area contributed by atoms with Crippen LogP contribution in [0.25, 0.3) is 0 Å². The first-order chi connectivity index (χ1) is 16.8. The first kappa shape index (κ1) is 23.1. The van der Waals surface area contributed by atoms with Gasteiger partial charge in [-0.2, -0.15) is 0 Å². The van der Waals surface area contributed by atoms with E-state index in [0.29, 0.717) is 31.3 Å². The van der Waals surface area contributed by atoms with Gasteiger partial charge in [-0.05, 0) is 55.2 Å². The number of likely N-dealkylation sites (tertiary alicyclic amines) is 1. The molecule has 3 heterocycles. The van der Waals surface area contributed by atoms with E-state index >= 15 is 0 Å². The van der Waals surface area contributed by atoms with Crippen molar-refractivity contribution in [3.8, 4) is 11.5 Å². The standard InChI is InChI=1S/C25H25F2N3O5/c1-25(16-6-7-17(26)18(27)13-16)23(32)30(24(33)28-25)14-22(31)29-9-2-4-19(29)15-5-8-20-21(12-15)35-11-3-10-34-20/h5-8,12-13,19H,2-4,9-11,14H2,1H3,(H,28,33)/t19-,25+/m0/s1. The number of ether oxygens (including phenoxy) is 2. The van der Waals surface area contributed by atoms with Crippen molar-refractivity contribution in [2.24, 2.45) is 0 Å². The number of carbonyl (C=O) groups excluding carboxylic acids is 3. The second kappa shape index (κ2) is 8.83. The quantitative estimate of drug-likeness (QED) is 0.672. The van der Waals surface area contributed by atoms with Crippen molar-refractivity contribution in [1.29, 1.82) is 0 Å². The summed E-state index contributed by atoms with van der Waals surface area (Å²) in [4.78, 5) is 41.5. The Labute approximate surface area is 200 Å². The van der Waals surface area contributed by atoms with E-state index in [1.807, 2.05) is 18.2 Å². The van der Waals surface area contributed by atoms with Crippen LogP contribution in [0.4, 0.5) is 13.6 Å². The molecule has 4 amide bonds. The summed E-state index contributed by atoms with van der Waals surface area (Å²) in [6.07, 6.45) is 2.29. The number of hydrogen-bond acceptors (Lipinski definition) is 5. The zero-order chi connectivity index (χ0) is 24.7. The molecular weight excluding hydrogens is 460 g/mol. The van der Waals surface area contributed by atoms with Crippen LogP contribution < -0.4 is 14.8 Å². The molecule has 3 aliphatic rings. The molecule has 0 aliphatic carbocycles. The number of nitrogens with zero attached hydrogens (tertiary/aromatic N) is 2. The Morgan fingerprint density at radius 2 is 1.83 bits per heavy atom. The van der Waals surface area contributed by atoms with Crippen molar-refractivity contribution in [1.82, 2.24) is 15.1 Å². The molecule has 0 bridgehead atoms. The average molecular weight is 485 g/mol. The number of amides is 4. The average Bonchev–Trinajstić information content (AvgIpc) is 3.31. The molecule has 0 saturated carbocycles. The Kier molecular flexibility index (Phi) is 5.82. The molecule has 2 aromatic carbocycles. The molecule has 10 heteroatoms. The van der Waals surface area contributed by atoms with Gasteiger partial charge < -0.3 is 19.7 Å². The van der Waals surface area contributed by atoms with Crippen molar-refractivity contribution in [3.63, 3.8) is 0 Å². The molecule has 3 aliphatic heterocycles. The molecule has 2 fully saturated rings. The van der Waals surface area contributed by atoms with E-state index in [-0.39, 0.29) is 17.5 Å². The zero-order valence-corrected chi connectivity index (χ0v) is 19.2. The van der Waals surface area contributed by atoms with Crippen LogP contribution in [0, 0.1) is 11.6 Å². The summed E-state index contributed by atoms with van der Waals surface area (Å²) in [6, 6.07) is 7.64. The van der Waals surface area contributed by atoms with Crippen LogP contribution >= 0.6 is 0 Å². The highest BCUT2D eigenvalue weighted by Crippen LogP contribution is 2.38. The molecular formula is C25H25F2N3O5. The Balaban J connectivity index is 1.33. The number of carbonyl (C=O) groups is 3. The van der Waals surface area contributed by atoms with E-state index in [4.69, 9.17) is 9.47 Å². The second-order valence-electron chi connectivity index (χ2n) is 9.08. The van der Waals surface area contributed by atoms with Gasteiger partial charge in [0.25, 0.3) is 5.91 Å². The third-order valence-electron chi connectivity index (χ3n) is 6.79. The normalized spacial score (nSPS) is 23.9. The van der Waals surface area contributed by atoms with Gasteiger partial charge in [-0.1, -0.05) is 12.1 Å². The van der Waals surface area contributed by atoms with Crippen LogP contribution in [0.2, 0.25) is 0 Å². The van der Waals surface area contributed by atoms with E-state index < -0.39 is 35.7 Å². The Bertz CT molecular complexity index is 1210. The number of hydrogen-bond donors (Lipinski definition) is 1. The van der Waals surface area contributed by atoms with Crippen LogP contribution in [0.15, 0.2) is 36.4 Å². The number of halogens is 2. The summed E-state index contributed by atoms with van der Waals surface area (Å²) < 4.78 is 38.6. The Hall–Kier alpha value is -3.69. The molecule has 5 rings (SSSR count). The molecule has 35 heavy (non-hydrogen) atoms. The van der Waals surface area contributed by atoms with Gasteiger partial charge in [0.15, 0.2) is 23.1 Å². The number of rotatable bonds is 4. The predicted octanol–water partition coefficient (Wildman–Crippen LogP) is 3.26. The molecule has 2 aromatic rings. The van der Waals surface area contributed by atoms with Crippen LogP contribution in [0.3, 0.4) is 0 Å². The SMILES string of the molecule is C[C@]1(c2ccc(F)c(F)c2)NC(=O)N(CC(=O)N2CCC[C@H]2c2ccc3c(c2)OCCCO3)C1=O. The number of imide groups is 1. The smallest absolute Gasteiger partial charge is 0.325 e. The molecule has 0 aromatic heterocycles. The van der Waals surface area contributed by atoms with Gasteiger partial charge >= 0.3 is 6.03 Å². The summed E-state index contributed by atoms with van der Waals surface area (Å²) in [5.74, 6) is -1.97. The highest BCUT2D eigenvalue weighted by molar-refractivity contribution is 6.09. The molecule has 0 unspecified atom stereocenters. The summed E-state index contributed by atoms with van der Waals surface area (Å²) in [5.41, 5.74) is -0.621. The zero-order valence-electron chi connectivity index (χ0n) is 19.2. The van der Waals surface area contributed by atoms with Crippen LogP contribution in [0.5, 0.6) is 11.5 Å². The van der Waals surface area contributed by atoms with Gasteiger partial charge in [-0.25, -0.2) is 13.6 Å². The largest absolute Gasteiger partial charge is 0.490 e. The highest BCUT2D eigenvalue weighted by Gasteiger charge is 2.50. The maximum Gasteiger partial charge on any atom is 0.325 e. The van der Waals surface area contributed by atoms with Gasteiger partial charge in [-0.3, -0.25) is 14.5 Å². The molecule has 184 valence electrons. The Morgan fingerprint density at radius 1 is 1.06 bits per heavy atom. The van der Waals surface area contributed by atoms with E-state index in [9.17, 15) is 23.2 Å². The fourth-order valence-electron chi connectivity index (χ4n) is 4.87. The van der Waals surface area contributed by atoms with Gasteiger partial charge in [0.05, 0.1) is 19.3 Å². The van der Waals surface area contributed by atoms with Crippen molar-refractivity contribution in [2.45, 2.75) is 37.8 Å². The van der Waals surface area contributed by atoms with Crippen LogP contribution in [-0.4, -0.2) is 53.9 Å². The lowest BCUT2D eigenvalue weighted by molar-refractivity contribution is -0.139. The number of benzene rings is 2. The molecule has 8 nitrogen and oxygen atoms in total. The first-order valence-electron chi connectivity index (χ1n) is 11.6. The lowest BCUT2D eigenvalue weighted by Gasteiger charge is -2.27. The lowest BCUT2D eigenvalue weighted by atomic mass is 9.92. The minimum absolute atomic E-state index is 0.0935. The van der Waals surface area contributed by atoms with E-state index in [0.717, 1.165) is 41.9 Å². The molecule has 1 N–H and O–H groups in total. The van der Waals surface area contributed by atoms with Crippen molar-refractivity contribution in [2.75, 3.05) is 26.3 Å². The van der Waals surface area contributed by atoms with E-state index in [2.05, 4.69) is 5.32 Å². The number of urea groups is 1. The number of nitrogens with one attached hydrogen (secondary N) is 1. The summed E-state index contributed by atoms with van der Waals surface area (Å²) in [5, 5.41) is 2.52. The predicted molar refractivity (Wildman–Crippen MR) is 120 cm³/mol. The fourth-order valence-corrected chi connectivity index (χ4v) is 4.87. The van der Waals surface area contributed by atoms with E-state index in [1.54, 1.807) is 4.90 Å². The topological polar surface area (TPSA) is 88.2 Å². The van der Waals surface area contributed by atoms with Crippen LogP contribution in [0.1, 0.15) is 43.4 Å². The van der Waals surface area contributed by atoms with Crippen molar-refractivity contribution >= 4 is 17.8 Å². The third-order valence-corrected chi connectivity index (χ3v) is 6.79. The van der Waals surface area contributed by atoms with Gasteiger partial charge in [0.2, 0.25) is 5.91 Å². The second-order valence-corrected chi connectivity index (χ2v) is 9.08.